The minimum Gasteiger partial charge on any atom is -0.497 e. The summed E-state index contributed by atoms with van der Waals surface area (Å²) in [5.41, 5.74) is 3.46. The molecule has 1 aliphatic rings. The van der Waals surface area contributed by atoms with Crippen LogP contribution in [-0.4, -0.2) is 57.4 Å². The molecule has 0 aromatic heterocycles. The molecule has 0 bridgehead atoms. The first-order chi connectivity index (χ1) is 17.1. The summed E-state index contributed by atoms with van der Waals surface area (Å²) >= 11 is 0. The predicted octanol–water partition coefficient (Wildman–Crippen LogP) is 4.33. The number of rotatable bonds is 11. The predicted molar refractivity (Wildman–Crippen MR) is 139 cm³/mol. The van der Waals surface area contributed by atoms with Crippen LogP contribution in [0, 0.1) is 0 Å². The maximum Gasteiger partial charge on any atom is 0.224 e. The summed E-state index contributed by atoms with van der Waals surface area (Å²) in [7, 11) is 3.33. The summed E-state index contributed by atoms with van der Waals surface area (Å²) in [6.45, 7) is 4.70. The Morgan fingerprint density at radius 3 is 2.46 bits per heavy atom. The molecule has 35 heavy (non-hydrogen) atoms. The van der Waals surface area contributed by atoms with Crippen molar-refractivity contribution in [3.8, 4) is 5.75 Å². The third-order valence-electron chi connectivity index (χ3n) is 6.53. The smallest absolute Gasteiger partial charge is 0.224 e. The molecule has 3 aromatic carbocycles. The molecular weight excluding hydrogens is 440 g/mol. The van der Waals surface area contributed by atoms with Crippen LogP contribution in [0.2, 0.25) is 0 Å². The number of piperidine rings is 1. The van der Waals surface area contributed by atoms with Crippen LogP contribution in [0.3, 0.4) is 0 Å². The molecule has 0 unspecified atom stereocenters. The number of ether oxygens (including phenoxy) is 3. The average molecular weight is 477 g/mol. The number of hydrogen-bond acceptors (Lipinski definition) is 5. The summed E-state index contributed by atoms with van der Waals surface area (Å²) < 4.78 is 16.0. The van der Waals surface area contributed by atoms with E-state index in [1.165, 1.54) is 21.9 Å². The van der Waals surface area contributed by atoms with E-state index in [4.69, 9.17) is 14.2 Å². The quantitative estimate of drug-likeness (QED) is 0.418. The molecule has 0 radical (unpaired) electrons. The average Bonchev–Trinajstić information content (AvgIpc) is 2.87. The first-order valence-electron chi connectivity index (χ1n) is 12.4. The molecule has 186 valence electrons. The summed E-state index contributed by atoms with van der Waals surface area (Å²) in [6, 6.07) is 21.2. The standard InChI is InChI=1S/C29H36N2O4/c1-33-14-15-35-21-24-7-9-25-8-6-23(16-26(25)17-24)20-31-12-10-27(11-13-31)30-29(32)19-22-4-3-5-28(18-22)34-2/h3-9,16-18,27H,10-15,19-21H2,1-2H3,(H,30,32). The zero-order chi connectivity index (χ0) is 24.5. The Morgan fingerprint density at radius 1 is 0.914 bits per heavy atom. The van der Waals surface area contributed by atoms with Crippen LogP contribution in [0.25, 0.3) is 10.8 Å². The number of likely N-dealkylation sites (tertiary alicyclic amines) is 1. The Hall–Kier alpha value is -2.93. The number of nitrogens with one attached hydrogen (secondary N) is 1. The van der Waals surface area contributed by atoms with Crippen molar-refractivity contribution in [1.82, 2.24) is 10.2 Å². The maximum absolute atomic E-state index is 12.5. The second-order valence-electron chi connectivity index (χ2n) is 9.21. The number of carbonyl (C=O) groups is 1. The van der Waals surface area contributed by atoms with Crippen LogP contribution in [0.15, 0.2) is 60.7 Å². The lowest BCUT2D eigenvalue weighted by atomic mass is 10.0. The van der Waals surface area contributed by atoms with E-state index in [1.54, 1.807) is 14.2 Å². The number of carbonyl (C=O) groups excluding carboxylic acids is 1. The van der Waals surface area contributed by atoms with Gasteiger partial charge in [0.15, 0.2) is 0 Å². The van der Waals surface area contributed by atoms with Crippen LogP contribution >= 0.6 is 0 Å². The van der Waals surface area contributed by atoms with Crippen LogP contribution in [0.4, 0.5) is 0 Å². The molecule has 1 fully saturated rings. The molecule has 6 nitrogen and oxygen atoms in total. The van der Waals surface area contributed by atoms with E-state index >= 15 is 0 Å². The lowest BCUT2D eigenvalue weighted by Crippen LogP contribution is -2.44. The van der Waals surface area contributed by atoms with Gasteiger partial charge in [-0.1, -0.05) is 36.4 Å². The van der Waals surface area contributed by atoms with Gasteiger partial charge in [-0.05, 0) is 64.6 Å². The first kappa shape index (κ1) is 25.2. The Morgan fingerprint density at radius 2 is 1.69 bits per heavy atom. The van der Waals surface area contributed by atoms with Gasteiger partial charge in [-0.2, -0.15) is 0 Å². The Kier molecular flexibility index (Phi) is 9.12. The lowest BCUT2D eigenvalue weighted by Gasteiger charge is -2.32. The molecule has 4 rings (SSSR count). The Labute approximate surface area is 208 Å². The van der Waals surface area contributed by atoms with Gasteiger partial charge >= 0.3 is 0 Å². The van der Waals surface area contributed by atoms with E-state index in [0.29, 0.717) is 26.2 Å². The fourth-order valence-corrected chi connectivity index (χ4v) is 4.61. The van der Waals surface area contributed by atoms with Crippen LogP contribution in [0.1, 0.15) is 29.5 Å². The molecule has 0 spiro atoms. The largest absolute Gasteiger partial charge is 0.497 e. The number of fused-ring (bicyclic) bond motifs is 1. The topological polar surface area (TPSA) is 60.0 Å². The van der Waals surface area contributed by atoms with Gasteiger partial charge in [0.2, 0.25) is 5.91 Å². The van der Waals surface area contributed by atoms with E-state index in [9.17, 15) is 4.79 Å². The Balaban J connectivity index is 1.25. The number of hydrogen-bond donors (Lipinski definition) is 1. The molecule has 1 heterocycles. The van der Waals surface area contributed by atoms with Gasteiger partial charge in [0.25, 0.3) is 0 Å². The molecule has 6 heteroatoms. The third kappa shape index (κ3) is 7.52. The van der Waals surface area contributed by atoms with Gasteiger partial charge in [0.05, 0.1) is 33.4 Å². The highest BCUT2D eigenvalue weighted by atomic mass is 16.5. The van der Waals surface area contributed by atoms with Crippen LogP contribution in [-0.2, 0) is 33.8 Å². The maximum atomic E-state index is 12.5. The van der Waals surface area contributed by atoms with Gasteiger partial charge in [-0.15, -0.1) is 0 Å². The van der Waals surface area contributed by atoms with Crippen molar-refractivity contribution in [2.75, 3.05) is 40.5 Å². The summed E-state index contributed by atoms with van der Waals surface area (Å²) in [5.74, 6) is 0.858. The van der Waals surface area contributed by atoms with Gasteiger partial charge in [-0.3, -0.25) is 9.69 Å². The molecule has 1 amide bonds. The monoisotopic (exact) mass is 476 g/mol. The molecular formula is C29H36N2O4. The van der Waals surface area contributed by atoms with Crippen molar-refractivity contribution in [3.05, 3.63) is 77.4 Å². The second kappa shape index (κ2) is 12.7. The fraction of sp³-hybridized carbons (Fsp3) is 0.414. The highest BCUT2D eigenvalue weighted by Gasteiger charge is 2.21. The molecule has 3 aromatic rings. The SMILES string of the molecule is COCCOCc1ccc2ccc(CN3CCC(NC(=O)Cc4cccc(OC)c4)CC3)cc2c1. The van der Waals surface area contributed by atoms with Gasteiger partial charge in [0.1, 0.15) is 5.75 Å². The van der Waals surface area contributed by atoms with Crippen LogP contribution in [0.5, 0.6) is 5.75 Å². The second-order valence-corrected chi connectivity index (χ2v) is 9.21. The van der Waals surface area contributed by atoms with Crippen molar-refractivity contribution in [2.45, 2.75) is 38.5 Å². The van der Waals surface area contributed by atoms with Crippen molar-refractivity contribution in [2.24, 2.45) is 0 Å². The molecule has 1 saturated heterocycles. The number of nitrogens with zero attached hydrogens (tertiary/aromatic N) is 1. The number of benzene rings is 3. The molecule has 0 atom stereocenters. The summed E-state index contributed by atoms with van der Waals surface area (Å²) in [6.07, 6.45) is 2.33. The van der Waals surface area contributed by atoms with E-state index in [-0.39, 0.29) is 11.9 Å². The van der Waals surface area contributed by atoms with Gasteiger partial charge in [-0.25, -0.2) is 0 Å². The van der Waals surface area contributed by atoms with Crippen molar-refractivity contribution in [1.29, 1.82) is 0 Å². The van der Waals surface area contributed by atoms with Crippen LogP contribution < -0.4 is 10.1 Å². The normalized spacial score (nSPS) is 14.8. The van der Waals surface area contributed by atoms with E-state index < -0.39 is 0 Å². The minimum absolute atomic E-state index is 0.0771. The zero-order valence-corrected chi connectivity index (χ0v) is 20.8. The van der Waals surface area contributed by atoms with Crippen molar-refractivity contribution < 1.29 is 19.0 Å². The molecule has 0 aliphatic carbocycles. The summed E-state index contributed by atoms with van der Waals surface area (Å²) in [5, 5.41) is 5.71. The summed E-state index contributed by atoms with van der Waals surface area (Å²) in [4.78, 5) is 15.0. The molecule has 1 aliphatic heterocycles. The van der Waals surface area contributed by atoms with E-state index in [0.717, 1.165) is 43.8 Å². The van der Waals surface area contributed by atoms with Gasteiger partial charge < -0.3 is 19.5 Å². The molecule has 1 N–H and O–H groups in total. The number of amides is 1. The first-order valence-corrected chi connectivity index (χ1v) is 12.4. The lowest BCUT2D eigenvalue weighted by molar-refractivity contribution is -0.121. The van der Waals surface area contributed by atoms with Gasteiger partial charge in [0, 0.05) is 32.8 Å². The number of methoxy groups -OCH3 is 2. The Bertz CT molecular complexity index is 1110. The molecule has 0 saturated carbocycles. The fourth-order valence-electron chi connectivity index (χ4n) is 4.61. The van der Waals surface area contributed by atoms with E-state index in [2.05, 4.69) is 46.6 Å². The highest BCUT2D eigenvalue weighted by molar-refractivity contribution is 5.83. The van der Waals surface area contributed by atoms with Crippen molar-refractivity contribution in [3.63, 3.8) is 0 Å². The van der Waals surface area contributed by atoms with E-state index in [1.807, 2.05) is 24.3 Å². The zero-order valence-electron chi connectivity index (χ0n) is 20.8. The highest BCUT2D eigenvalue weighted by Crippen LogP contribution is 2.21. The van der Waals surface area contributed by atoms with Crippen molar-refractivity contribution >= 4 is 16.7 Å². The third-order valence-corrected chi connectivity index (χ3v) is 6.53. The minimum atomic E-state index is 0.0771.